The highest BCUT2D eigenvalue weighted by atomic mass is 16.6. The zero-order valence-corrected chi connectivity index (χ0v) is 15.1. The molecule has 0 aliphatic heterocycles. The Kier molecular flexibility index (Phi) is 5.22. The third kappa shape index (κ3) is 3.46. The van der Waals surface area contributed by atoms with Gasteiger partial charge in [-0.2, -0.15) is 0 Å². The van der Waals surface area contributed by atoms with Gasteiger partial charge in [0, 0.05) is 25.2 Å². The molecule has 2 aliphatic rings. The zero-order chi connectivity index (χ0) is 17.4. The monoisotopic (exact) mass is 322 g/mol. The third-order valence-electron chi connectivity index (χ3n) is 5.85. The Balaban J connectivity index is 2.38. The van der Waals surface area contributed by atoms with E-state index in [2.05, 4.69) is 27.4 Å². The summed E-state index contributed by atoms with van der Waals surface area (Å²) < 4.78 is 11.4. The highest BCUT2D eigenvalue weighted by Crippen LogP contribution is 2.56. The molecular formula is C19H30O4. The Morgan fingerprint density at radius 1 is 1.17 bits per heavy atom. The van der Waals surface area contributed by atoms with Gasteiger partial charge in [0.1, 0.15) is 12.2 Å². The first kappa shape index (κ1) is 18.0. The minimum absolute atomic E-state index is 0.0608. The van der Waals surface area contributed by atoms with Crippen LogP contribution in [-0.4, -0.2) is 24.1 Å². The van der Waals surface area contributed by atoms with Crippen LogP contribution in [0.5, 0.6) is 0 Å². The molecule has 0 amide bonds. The van der Waals surface area contributed by atoms with Gasteiger partial charge in [-0.15, -0.1) is 0 Å². The van der Waals surface area contributed by atoms with Crippen molar-refractivity contribution in [3.63, 3.8) is 0 Å². The summed E-state index contributed by atoms with van der Waals surface area (Å²) in [6.07, 6.45) is 3.28. The van der Waals surface area contributed by atoms with E-state index in [9.17, 15) is 9.59 Å². The van der Waals surface area contributed by atoms with E-state index in [0.717, 1.165) is 31.3 Å². The summed E-state index contributed by atoms with van der Waals surface area (Å²) in [6.45, 7) is 13.7. The zero-order valence-electron chi connectivity index (χ0n) is 15.1. The van der Waals surface area contributed by atoms with Gasteiger partial charge in [-0.25, -0.2) is 0 Å². The van der Waals surface area contributed by atoms with Crippen molar-refractivity contribution in [2.75, 3.05) is 0 Å². The second-order valence-electron chi connectivity index (χ2n) is 7.80. The van der Waals surface area contributed by atoms with Crippen LogP contribution in [0.4, 0.5) is 0 Å². The van der Waals surface area contributed by atoms with Crippen LogP contribution in [0.1, 0.15) is 60.3 Å². The van der Waals surface area contributed by atoms with E-state index in [0.29, 0.717) is 11.8 Å². The molecule has 0 heterocycles. The highest BCUT2D eigenvalue weighted by molar-refractivity contribution is 5.67. The van der Waals surface area contributed by atoms with E-state index in [1.54, 1.807) is 0 Å². The second kappa shape index (κ2) is 6.66. The Bertz CT molecular complexity index is 496. The normalized spacial score (nSPS) is 37.2. The van der Waals surface area contributed by atoms with Crippen LogP contribution >= 0.6 is 0 Å². The van der Waals surface area contributed by atoms with Crippen LogP contribution in [-0.2, 0) is 19.1 Å². The lowest BCUT2D eigenvalue weighted by molar-refractivity contribution is -0.183. The average Bonchev–Trinajstić information content (AvgIpc) is 2.40. The van der Waals surface area contributed by atoms with E-state index in [4.69, 9.17) is 9.47 Å². The molecular weight excluding hydrogens is 292 g/mol. The molecule has 23 heavy (non-hydrogen) atoms. The summed E-state index contributed by atoms with van der Waals surface area (Å²) in [5, 5.41) is 0. The van der Waals surface area contributed by atoms with E-state index in [1.165, 1.54) is 13.8 Å². The minimum Gasteiger partial charge on any atom is -0.462 e. The summed E-state index contributed by atoms with van der Waals surface area (Å²) in [6, 6.07) is 0. The Hall–Kier alpha value is -1.32. The van der Waals surface area contributed by atoms with Crippen LogP contribution in [0.3, 0.4) is 0 Å². The number of carbonyl (C=O) groups excluding carboxylic acids is 2. The number of hydrogen-bond acceptors (Lipinski definition) is 4. The maximum absolute atomic E-state index is 11.7. The fourth-order valence-electron chi connectivity index (χ4n) is 4.74. The molecule has 4 nitrogen and oxygen atoms in total. The van der Waals surface area contributed by atoms with Gasteiger partial charge in [-0.1, -0.05) is 32.9 Å². The van der Waals surface area contributed by atoms with Gasteiger partial charge in [0.15, 0.2) is 0 Å². The lowest BCUT2D eigenvalue weighted by Gasteiger charge is -2.55. The summed E-state index contributed by atoms with van der Waals surface area (Å²) in [5.41, 5.74) is 0.930. The van der Waals surface area contributed by atoms with Crippen molar-refractivity contribution in [2.24, 2.45) is 23.2 Å². The molecule has 0 saturated heterocycles. The number of esters is 2. The molecule has 0 aromatic carbocycles. The predicted octanol–water partition coefficient (Wildman–Crippen LogP) is 3.89. The number of carbonyl (C=O) groups is 2. The first-order valence-electron chi connectivity index (χ1n) is 8.69. The first-order chi connectivity index (χ1) is 10.7. The lowest BCUT2D eigenvalue weighted by atomic mass is 9.53. The Morgan fingerprint density at radius 3 is 2.30 bits per heavy atom. The lowest BCUT2D eigenvalue weighted by Crippen LogP contribution is -2.56. The van der Waals surface area contributed by atoms with Gasteiger partial charge < -0.3 is 9.47 Å². The quantitative estimate of drug-likeness (QED) is 0.584. The molecule has 0 unspecified atom stereocenters. The number of fused-ring (bicyclic) bond motifs is 1. The summed E-state index contributed by atoms with van der Waals surface area (Å²) in [4.78, 5) is 23.2. The van der Waals surface area contributed by atoms with Crippen LogP contribution in [0.25, 0.3) is 0 Å². The largest absolute Gasteiger partial charge is 0.462 e. The second-order valence-corrected chi connectivity index (χ2v) is 7.80. The van der Waals surface area contributed by atoms with Crippen molar-refractivity contribution in [2.45, 2.75) is 72.5 Å². The van der Waals surface area contributed by atoms with Gasteiger partial charge in [0.2, 0.25) is 0 Å². The molecule has 130 valence electrons. The molecule has 0 aromatic rings. The number of ether oxygens (including phenoxy) is 2. The van der Waals surface area contributed by atoms with Crippen LogP contribution in [0.15, 0.2) is 12.2 Å². The molecule has 0 bridgehead atoms. The highest BCUT2D eigenvalue weighted by Gasteiger charge is 2.56. The number of hydrogen-bond donors (Lipinski definition) is 0. The summed E-state index contributed by atoms with van der Waals surface area (Å²) in [7, 11) is 0. The van der Waals surface area contributed by atoms with Crippen LogP contribution < -0.4 is 0 Å². The average molecular weight is 322 g/mol. The topological polar surface area (TPSA) is 52.6 Å². The maximum Gasteiger partial charge on any atom is 0.302 e. The fourth-order valence-corrected chi connectivity index (χ4v) is 4.74. The van der Waals surface area contributed by atoms with Crippen molar-refractivity contribution < 1.29 is 19.1 Å². The first-order valence-corrected chi connectivity index (χ1v) is 8.69. The van der Waals surface area contributed by atoms with Gasteiger partial charge in [-0.05, 0) is 37.5 Å². The van der Waals surface area contributed by atoms with Crippen molar-refractivity contribution in [1.29, 1.82) is 0 Å². The van der Waals surface area contributed by atoms with Gasteiger partial charge in [-0.3, -0.25) is 9.59 Å². The van der Waals surface area contributed by atoms with E-state index in [1.807, 2.05) is 0 Å². The van der Waals surface area contributed by atoms with Crippen molar-refractivity contribution in [1.82, 2.24) is 0 Å². The molecule has 0 radical (unpaired) electrons. The summed E-state index contributed by atoms with van der Waals surface area (Å²) >= 11 is 0. The molecule has 0 spiro atoms. The molecule has 2 aliphatic carbocycles. The van der Waals surface area contributed by atoms with Crippen molar-refractivity contribution in [3.8, 4) is 0 Å². The minimum atomic E-state index is -0.243. The van der Waals surface area contributed by atoms with Gasteiger partial charge in [0.25, 0.3) is 0 Å². The maximum atomic E-state index is 11.7. The fraction of sp³-hybridized carbons (Fsp3) is 0.789. The van der Waals surface area contributed by atoms with Crippen LogP contribution in [0, 0.1) is 23.2 Å². The standard InChI is InChI=1S/C19H30O4/c1-11(2)15-9-10-19(6)16(22-13(4)20)8-7-12(3)17(19)18(15)23-14(5)21/h11,15-18H,3,7-10H2,1-2,4-6H3/t15-,16+,17+,18-,19-/m0/s1. The molecule has 2 fully saturated rings. The third-order valence-corrected chi connectivity index (χ3v) is 5.85. The molecule has 0 N–H and O–H groups in total. The Morgan fingerprint density at radius 2 is 1.78 bits per heavy atom. The van der Waals surface area contributed by atoms with Crippen LogP contribution in [0.2, 0.25) is 0 Å². The van der Waals surface area contributed by atoms with Crippen molar-refractivity contribution >= 4 is 11.9 Å². The molecule has 2 rings (SSSR count). The molecule has 4 heteroatoms. The van der Waals surface area contributed by atoms with Gasteiger partial charge >= 0.3 is 11.9 Å². The molecule has 2 saturated carbocycles. The molecule has 0 aromatic heterocycles. The Labute approximate surface area is 139 Å². The SMILES string of the molecule is C=C1CC[C@@H](OC(C)=O)[C@]2(C)CC[C@@H](C(C)C)[C@H](OC(C)=O)[C@@H]12. The van der Waals surface area contributed by atoms with Gasteiger partial charge in [0.05, 0.1) is 0 Å². The smallest absolute Gasteiger partial charge is 0.302 e. The van der Waals surface area contributed by atoms with E-state index >= 15 is 0 Å². The molecule has 5 atom stereocenters. The predicted molar refractivity (Wildman–Crippen MR) is 88.6 cm³/mol. The summed E-state index contributed by atoms with van der Waals surface area (Å²) in [5.74, 6) is 0.339. The van der Waals surface area contributed by atoms with E-state index in [-0.39, 0.29) is 35.5 Å². The van der Waals surface area contributed by atoms with Crippen molar-refractivity contribution in [3.05, 3.63) is 12.2 Å². The van der Waals surface area contributed by atoms with E-state index < -0.39 is 0 Å². The number of rotatable bonds is 3.